The van der Waals surface area contributed by atoms with Gasteiger partial charge >= 0.3 is 0 Å². The van der Waals surface area contributed by atoms with Crippen LogP contribution in [0.5, 0.6) is 0 Å². The monoisotopic (exact) mass is 371 g/mol. The number of thiophene rings is 1. The number of nitrogens with zero attached hydrogens (tertiary/aromatic N) is 2. The van der Waals surface area contributed by atoms with Crippen LogP contribution in [0.1, 0.15) is 45.4 Å². The number of nitrogens with one attached hydrogen (secondary N) is 1. The summed E-state index contributed by atoms with van der Waals surface area (Å²) in [6, 6.07) is 2.05. The van der Waals surface area contributed by atoms with Crippen molar-refractivity contribution in [3.63, 3.8) is 0 Å². The molecule has 6 heteroatoms. The summed E-state index contributed by atoms with van der Waals surface area (Å²) in [6.07, 6.45) is 9.67. The highest BCUT2D eigenvalue weighted by atomic mass is 32.1. The molecule has 0 aliphatic heterocycles. The van der Waals surface area contributed by atoms with Gasteiger partial charge in [-0.05, 0) is 80.1 Å². The highest BCUT2D eigenvalue weighted by Gasteiger charge is 2.53. The summed E-state index contributed by atoms with van der Waals surface area (Å²) in [5.41, 5.74) is 0.107. The molecule has 138 valence electrons. The van der Waals surface area contributed by atoms with E-state index in [0.717, 1.165) is 23.1 Å². The van der Waals surface area contributed by atoms with Gasteiger partial charge in [-0.2, -0.15) is 5.10 Å². The SMILES string of the molecule is CC(NC(=O)Cn1ncc2ccsc2c1=O)C12CC3CC(CC(C3)C1)C2. The van der Waals surface area contributed by atoms with E-state index in [4.69, 9.17) is 0 Å². The Morgan fingerprint density at radius 2 is 1.96 bits per heavy atom. The smallest absolute Gasteiger partial charge is 0.285 e. The van der Waals surface area contributed by atoms with Crippen molar-refractivity contribution in [2.75, 3.05) is 0 Å². The molecule has 1 atom stereocenters. The first-order chi connectivity index (χ1) is 12.5. The molecule has 5 nitrogen and oxygen atoms in total. The fourth-order valence-electron chi connectivity index (χ4n) is 6.29. The third-order valence-electron chi connectivity index (χ3n) is 7.14. The summed E-state index contributed by atoms with van der Waals surface area (Å²) in [6.45, 7) is 2.17. The van der Waals surface area contributed by atoms with Gasteiger partial charge in [-0.15, -0.1) is 11.3 Å². The molecule has 2 heterocycles. The maximum absolute atomic E-state index is 12.6. The van der Waals surface area contributed by atoms with Crippen molar-refractivity contribution in [2.24, 2.45) is 23.2 Å². The second kappa shape index (κ2) is 5.91. The van der Waals surface area contributed by atoms with Crippen LogP contribution in [-0.4, -0.2) is 21.7 Å². The zero-order chi connectivity index (χ0) is 17.9. The Morgan fingerprint density at radius 1 is 1.31 bits per heavy atom. The number of hydrogen-bond acceptors (Lipinski definition) is 4. The van der Waals surface area contributed by atoms with Crippen molar-refractivity contribution in [3.05, 3.63) is 28.0 Å². The number of fused-ring (bicyclic) bond motifs is 1. The molecule has 6 rings (SSSR count). The molecule has 2 aromatic rings. The molecule has 4 saturated carbocycles. The average Bonchev–Trinajstić information content (AvgIpc) is 3.05. The van der Waals surface area contributed by atoms with Crippen LogP contribution in [0.3, 0.4) is 0 Å². The molecule has 4 aliphatic carbocycles. The van der Waals surface area contributed by atoms with Crippen molar-refractivity contribution in [2.45, 2.75) is 58.0 Å². The minimum atomic E-state index is -0.171. The summed E-state index contributed by atoms with van der Waals surface area (Å²) in [5.74, 6) is 2.50. The normalized spacial score (nSPS) is 33.5. The maximum atomic E-state index is 12.6. The summed E-state index contributed by atoms with van der Waals surface area (Å²) >= 11 is 1.40. The first-order valence-electron chi connectivity index (χ1n) is 9.75. The second-order valence-corrected chi connectivity index (χ2v) is 9.80. The van der Waals surface area contributed by atoms with Gasteiger partial charge < -0.3 is 5.32 Å². The van der Waals surface area contributed by atoms with E-state index in [1.807, 2.05) is 11.4 Å². The van der Waals surface area contributed by atoms with Gasteiger partial charge in [0.05, 0.1) is 6.20 Å². The summed E-state index contributed by atoms with van der Waals surface area (Å²) in [7, 11) is 0. The van der Waals surface area contributed by atoms with E-state index < -0.39 is 0 Å². The first-order valence-corrected chi connectivity index (χ1v) is 10.6. The largest absolute Gasteiger partial charge is 0.351 e. The molecule has 4 bridgehead atoms. The number of aromatic nitrogens is 2. The predicted molar refractivity (Wildman–Crippen MR) is 102 cm³/mol. The molecule has 0 aromatic carbocycles. The number of rotatable bonds is 4. The van der Waals surface area contributed by atoms with Crippen LogP contribution in [0.15, 0.2) is 22.4 Å². The maximum Gasteiger partial charge on any atom is 0.285 e. The summed E-state index contributed by atoms with van der Waals surface area (Å²) in [4.78, 5) is 25.1. The van der Waals surface area contributed by atoms with E-state index in [2.05, 4.69) is 17.3 Å². The van der Waals surface area contributed by atoms with Crippen LogP contribution in [0, 0.1) is 23.2 Å². The molecular weight excluding hydrogens is 346 g/mol. The third-order valence-corrected chi connectivity index (χ3v) is 8.05. The van der Waals surface area contributed by atoms with Crippen LogP contribution in [0.4, 0.5) is 0 Å². The Morgan fingerprint density at radius 3 is 2.62 bits per heavy atom. The number of carbonyl (C=O) groups excluding carboxylic acids is 1. The molecule has 2 aromatic heterocycles. The van der Waals surface area contributed by atoms with Crippen molar-refractivity contribution < 1.29 is 4.79 Å². The van der Waals surface area contributed by atoms with Crippen LogP contribution in [0.2, 0.25) is 0 Å². The second-order valence-electron chi connectivity index (χ2n) is 8.88. The van der Waals surface area contributed by atoms with E-state index in [1.165, 1.54) is 54.5 Å². The van der Waals surface area contributed by atoms with E-state index >= 15 is 0 Å². The topological polar surface area (TPSA) is 64.0 Å². The predicted octanol–water partition coefficient (Wildman–Crippen LogP) is 3.18. The molecule has 0 saturated heterocycles. The van der Waals surface area contributed by atoms with Gasteiger partial charge in [0.2, 0.25) is 5.91 Å². The number of carbonyl (C=O) groups is 1. The van der Waals surface area contributed by atoms with Gasteiger partial charge in [-0.1, -0.05) is 0 Å². The van der Waals surface area contributed by atoms with Gasteiger partial charge in [-0.3, -0.25) is 9.59 Å². The van der Waals surface area contributed by atoms with E-state index in [9.17, 15) is 9.59 Å². The van der Waals surface area contributed by atoms with Gasteiger partial charge in [-0.25, -0.2) is 4.68 Å². The summed E-state index contributed by atoms with van der Waals surface area (Å²) in [5, 5.41) is 10.1. The highest BCUT2D eigenvalue weighted by Crippen LogP contribution is 2.61. The molecule has 1 N–H and O–H groups in total. The molecule has 0 radical (unpaired) electrons. The van der Waals surface area contributed by atoms with Gasteiger partial charge in [0.25, 0.3) is 5.56 Å². The van der Waals surface area contributed by atoms with Crippen molar-refractivity contribution in [3.8, 4) is 0 Å². The van der Waals surface area contributed by atoms with Crippen molar-refractivity contribution in [1.29, 1.82) is 0 Å². The van der Waals surface area contributed by atoms with Crippen molar-refractivity contribution >= 4 is 27.3 Å². The van der Waals surface area contributed by atoms with Crippen LogP contribution >= 0.6 is 11.3 Å². The molecular formula is C20H25N3O2S. The lowest BCUT2D eigenvalue weighted by Crippen LogP contribution is -2.56. The average molecular weight is 372 g/mol. The van der Waals surface area contributed by atoms with Gasteiger partial charge in [0, 0.05) is 11.4 Å². The van der Waals surface area contributed by atoms with Crippen LogP contribution in [0.25, 0.3) is 10.1 Å². The van der Waals surface area contributed by atoms with E-state index in [0.29, 0.717) is 4.70 Å². The Labute approximate surface area is 156 Å². The molecule has 4 aliphatic rings. The molecule has 1 amide bonds. The van der Waals surface area contributed by atoms with Gasteiger partial charge in [0.15, 0.2) is 0 Å². The Bertz CT molecular complexity index is 880. The Hall–Kier alpha value is -1.69. The number of hydrogen-bond donors (Lipinski definition) is 1. The van der Waals surface area contributed by atoms with Crippen LogP contribution in [-0.2, 0) is 11.3 Å². The standard InChI is InChI=1S/C20H25N3O2S/c1-12(20-7-13-4-14(8-20)6-15(5-13)9-20)22-17(24)11-23-19(25)18-16(10-21-23)2-3-26-18/h2-3,10,12-15H,4-9,11H2,1H3,(H,22,24). The lowest BCUT2D eigenvalue weighted by molar-refractivity contribution is -0.126. The third kappa shape index (κ3) is 2.61. The fourth-order valence-corrected chi connectivity index (χ4v) is 7.11. The quantitative estimate of drug-likeness (QED) is 0.898. The first kappa shape index (κ1) is 16.5. The lowest BCUT2D eigenvalue weighted by atomic mass is 9.48. The Balaban J connectivity index is 1.31. The Kier molecular flexibility index (Phi) is 3.75. The minimum Gasteiger partial charge on any atom is -0.351 e. The lowest BCUT2D eigenvalue weighted by Gasteiger charge is -2.59. The summed E-state index contributed by atoms with van der Waals surface area (Å²) < 4.78 is 1.96. The molecule has 4 fully saturated rings. The molecule has 0 spiro atoms. The highest BCUT2D eigenvalue weighted by molar-refractivity contribution is 7.17. The zero-order valence-electron chi connectivity index (χ0n) is 15.1. The van der Waals surface area contributed by atoms with Gasteiger partial charge in [0.1, 0.15) is 11.2 Å². The fraction of sp³-hybridized carbons (Fsp3) is 0.650. The van der Waals surface area contributed by atoms with E-state index in [1.54, 1.807) is 6.20 Å². The minimum absolute atomic E-state index is 0.00335. The van der Waals surface area contributed by atoms with E-state index in [-0.39, 0.29) is 29.5 Å². The molecule has 26 heavy (non-hydrogen) atoms. The number of amides is 1. The van der Waals surface area contributed by atoms with Crippen LogP contribution < -0.4 is 10.9 Å². The zero-order valence-corrected chi connectivity index (χ0v) is 15.9. The van der Waals surface area contributed by atoms with Crippen molar-refractivity contribution in [1.82, 2.24) is 15.1 Å². The molecule has 1 unspecified atom stereocenters.